The van der Waals surface area contributed by atoms with Gasteiger partial charge in [0.05, 0.1) is 16.5 Å². The van der Waals surface area contributed by atoms with Crippen molar-refractivity contribution in [3.63, 3.8) is 0 Å². The molecule has 0 aromatic heterocycles. The molecule has 0 fully saturated rings. The Morgan fingerprint density at radius 1 is 1.32 bits per heavy atom. The summed E-state index contributed by atoms with van der Waals surface area (Å²) in [5.41, 5.74) is 0.728. The number of nitrogens with zero attached hydrogens (tertiary/aromatic N) is 1. The number of carbonyl (C=O) groups excluding carboxylic acids is 2. The van der Waals surface area contributed by atoms with E-state index in [9.17, 15) is 19.7 Å². The number of hydrogen-bond acceptors (Lipinski definition) is 5. The number of nitro benzene ring substituents is 1. The summed E-state index contributed by atoms with van der Waals surface area (Å²) in [4.78, 5) is 33.1. The van der Waals surface area contributed by atoms with Crippen LogP contribution in [-0.2, 0) is 4.79 Å². The SMILES string of the molecule is C[C@H](NC(=O)COc1ccc([N+](=O)[O-])cc1C=O)c1ccc(Br)cc1. The van der Waals surface area contributed by atoms with Crippen molar-refractivity contribution in [3.05, 3.63) is 68.2 Å². The van der Waals surface area contributed by atoms with Crippen LogP contribution in [0.25, 0.3) is 0 Å². The van der Waals surface area contributed by atoms with Gasteiger partial charge in [-0.25, -0.2) is 0 Å². The van der Waals surface area contributed by atoms with Gasteiger partial charge in [-0.1, -0.05) is 28.1 Å². The van der Waals surface area contributed by atoms with Crippen LogP contribution in [0.1, 0.15) is 28.9 Å². The van der Waals surface area contributed by atoms with Crippen LogP contribution in [0.4, 0.5) is 5.69 Å². The molecule has 25 heavy (non-hydrogen) atoms. The van der Waals surface area contributed by atoms with Gasteiger partial charge < -0.3 is 10.1 Å². The molecular weight excluding hydrogens is 392 g/mol. The molecule has 1 N–H and O–H groups in total. The minimum absolute atomic E-state index is 0.0166. The zero-order chi connectivity index (χ0) is 18.4. The molecule has 1 amide bonds. The topological polar surface area (TPSA) is 98.5 Å². The maximum absolute atomic E-state index is 12.0. The molecule has 0 bridgehead atoms. The molecule has 8 heteroatoms. The van der Waals surface area contributed by atoms with Crippen LogP contribution in [0, 0.1) is 10.1 Å². The highest BCUT2D eigenvalue weighted by Gasteiger charge is 2.14. The van der Waals surface area contributed by atoms with Crippen molar-refractivity contribution in [3.8, 4) is 5.75 Å². The fourth-order valence-electron chi connectivity index (χ4n) is 2.13. The summed E-state index contributed by atoms with van der Waals surface area (Å²) in [6, 6.07) is 10.9. The van der Waals surface area contributed by atoms with Crippen LogP contribution in [-0.4, -0.2) is 23.7 Å². The molecule has 0 aliphatic carbocycles. The van der Waals surface area contributed by atoms with Crippen molar-refractivity contribution in [1.29, 1.82) is 0 Å². The fourth-order valence-corrected chi connectivity index (χ4v) is 2.40. The molecule has 2 rings (SSSR count). The van der Waals surface area contributed by atoms with E-state index >= 15 is 0 Å². The monoisotopic (exact) mass is 406 g/mol. The number of benzene rings is 2. The van der Waals surface area contributed by atoms with Gasteiger partial charge in [0.1, 0.15) is 5.75 Å². The first-order valence-electron chi connectivity index (χ1n) is 7.32. The number of nitrogens with one attached hydrogen (secondary N) is 1. The smallest absolute Gasteiger partial charge is 0.270 e. The largest absolute Gasteiger partial charge is 0.483 e. The van der Waals surface area contributed by atoms with E-state index in [4.69, 9.17) is 4.74 Å². The number of ether oxygens (including phenoxy) is 1. The van der Waals surface area contributed by atoms with Crippen LogP contribution in [0.2, 0.25) is 0 Å². The van der Waals surface area contributed by atoms with Crippen LogP contribution in [0.5, 0.6) is 5.75 Å². The minimum Gasteiger partial charge on any atom is -0.483 e. The van der Waals surface area contributed by atoms with Crippen LogP contribution in [0.15, 0.2) is 46.9 Å². The summed E-state index contributed by atoms with van der Waals surface area (Å²) in [5, 5.41) is 13.5. The molecule has 0 heterocycles. The van der Waals surface area contributed by atoms with Crippen LogP contribution in [0.3, 0.4) is 0 Å². The third kappa shape index (κ3) is 5.12. The van der Waals surface area contributed by atoms with Gasteiger partial charge in [-0.2, -0.15) is 0 Å². The maximum Gasteiger partial charge on any atom is 0.270 e. The summed E-state index contributed by atoms with van der Waals surface area (Å²) in [6.45, 7) is 1.53. The van der Waals surface area contributed by atoms with E-state index in [0.717, 1.165) is 16.1 Å². The highest BCUT2D eigenvalue weighted by Crippen LogP contribution is 2.23. The van der Waals surface area contributed by atoms with Crippen molar-refractivity contribution in [2.75, 3.05) is 6.61 Å². The Morgan fingerprint density at radius 3 is 2.60 bits per heavy atom. The van der Waals surface area contributed by atoms with Crippen molar-refractivity contribution >= 4 is 33.8 Å². The number of aldehydes is 1. The fraction of sp³-hybridized carbons (Fsp3) is 0.176. The zero-order valence-corrected chi connectivity index (χ0v) is 14.9. The first-order valence-corrected chi connectivity index (χ1v) is 8.11. The van der Waals surface area contributed by atoms with Crippen LogP contribution >= 0.6 is 15.9 Å². The summed E-state index contributed by atoms with van der Waals surface area (Å²) >= 11 is 3.35. The summed E-state index contributed by atoms with van der Waals surface area (Å²) in [7, 11) is 0. The Kier molecular flexibility index (Phi) is 6.24. The van der Waals surface area contributed by atoms with Crippen LogP contribution < -0.4 is 10.1 Å². The summed E-state index contributed by atoms with van der Waals surface area (Å²) in [6.07, 6.45) is 0.449. The van der Waals surface area contributed by atoms with Gasteiger partial charge in [-0.3, -0.25) is 19.7 Å². The number of hydrogen-bond donors (Lipinski definition) is 1. The molecule has 0 saturated heterocycles. The van der Waals surface area contributed by atoms with Crippen molar-refractivity contribution in [2.24, 2.45) is 0 Å². The highest BCUT2D eigenvalue weighted by atomic mass is 79.9. The number of rotatable bonds is 7. The molecule has 0 radical (unpaired) electrons. The molecule has 2 aromatic rings. The molecular formula is C17H15BrN2O5. The average molecular weight is 407 g/mol. The molecule has 0 aliphatic heterocycles. The van der Waals surface area contributed by atoms with Gasteiger partial charge in [0.15, 0.2) is 12.9 Å². The third-order valence-corrected chi connectivity index (χ3v) is 3.97. The van der Waals surface area contributed by atoms with E-state index in [1.54, 1.807) is 0 Å². The van der Waals surface area contributed by atoms with E-state index in [0.29, 0.717) is 6.29 Å². The van der Waals surface area contributed by atoms with E-state index < -0.39 is 4.92 Å². The zero-order valence-electron chi connectivity index (χ0n) is 13.3. The van der Waals surface area contributed by atoms with Crippen molar-refractivity contribution < 1.29 is 19.2 Å². The van der Waals surface area contributed by atoms with E-state index in [2.05, 4.69) is 21.2 Å². The number of nitro groups is 1. The molecule has 0 saturated carbocycles. The van der Waals surface area contributed by atoms with Crippen molar-refractivity contribution in [2.45, 2.75) is 13.0 Å². The van der Waals surface area contributed by atoms with Gasteiger partial charge in [0, 0.05) is 16.6 Å². The predicted octanol–water partition coefficient (Wildman–Crippen LogP) is 3.43. The molecule has 7 nitrogen and oxygen atoms in total. The number of non-ortho nitro benzene ring substituents is 1. The van der Waals surface area contributed by atoms with E-state index in [-0.39, 0.29) is 35.6 Å². The second kappa shape index (κ2) is 8.39. The van der Waals surface area contributed by atoms with Gasteiger partial charge in [0.25, 0.3) is 11.6 Å². The lowest BCUT2D eigenvalue weighted by atomic mass is 10.1. The second-order valence-corrected chi connectivity index (χ2v) is 6.14. The standard InChI is InChI=1S/C17H15BrN2O5/c1-11(12-2-4-14(18)5-3-12)19-17(22)10-25-16-7-6-15(20(23)24)8-13(16)9-21/h2-9,11H,10H2,1H3,(H,19,22)/t11-/m0/s1. The first kappa shape index (κ1) is 18.6. The van der Waals surface area contributed by atoms with Gasteiger partial charge >= 0.3 is 0 Å². The molecule has 2 aromatic carbocycles. The molecule has 1 atom stereocenters. The summed E-state index contributed by atoms with van der Waals surface area (Å²) < 4.78 is 6.25. The Hall–Kier alpha value is -2.74. The quantitative estimate of drug-likeness (QED) is 0.431. The normalized spacial score (nSPS) is 11.4. The van der Waals surface area contributed by atoms with Gasteiger partial charge in [0.2, 0.25) is 0 Å². The third-order valence-electron chi connectivity index (χ3n) is 3.44. The summed E-state index contributed by atoms with van der Waals surface area (Å²) in [5.74, 6) is -0.252. The maximum atomic E-state index is 12.0. The van der Waals surface area contributed by atoms with E-state index in [1.807, 2.05) is 31.2 Å². The number of carbonyl (C=O) groups is 2. The minimum atomic E-state index is -0.608. The second-order valence-electron chi connectivity index (χ2n) is 5.23. The molecule has 0 aliphatic rings. The number of halogens is 1. The number of amides is 1. The lowest BCUT2D eigenvalue weighted by molar-refractivity contribution is -0.384. The van der Waals surface area contributed by atoms with Gasteiger partial charge in [-0.05, 0) is 30.7 Å². The molecule has 0 unspecified atom stereocenters. The van der Waals surface area contributed by atoms with Gasteiger partial charge in [-0.15, -0.1) is 0 Å². The predicted molar refractivity (Wildman–Crippen MR) is 94.7 cm³/mol. The lowest BCUT2D eigenvalue weighted by Crippen LogP contribution is -2.31. The Bertz CT molecular complexity index is 792. The Morgan fingerprint density at radius 2 is 2.00 bits per heavy atom. The highest BCUT2D eigenvalue weighted by molar-refractivity contribution is 9.10. The Labute approximate surface area is 152 Å². The van der Waals surface area contributed by atoms with Crippen molar-refractivity contribution in [1.82, 2.24) is 5.32 Å². The molecule has 0 spiro atoms. The molecule has 130 valence electrons. The Balaban J connectivity index is 1.96. The average Bonchev–Trinajstić information content (AvgIpc) is 2.60. The van der Waals surface area contributed by atoms with E-state index in [1.165, 1.54) is 12.1 Å². The first-order chi connectivity index (χ1) is 11.9. The lowest BCUT2D eigenvalue weighted by Gasteiger charge is -2.15.